The Bertz CT molecular complexity index is 1130. The molecule has 0 bridgehead atoms. The van der Waals surface area contributed by atoms with Gasteiger partial charge in [-0.25, -0.2) is 9.37 Å². The van der Waals surface area contributed by atoms with Gasteiger partial charge < -0.3 is 5.32 Å². The number of carbonyl (C=O) groups excluding carboxylic acids is 1. The highest BCUT2D eigenvalue weighted by Gasteiger charge is 2.17. The van der Waals surface area contributed by atoms with Gasteiger partial charge in [-0.3, -0.25) is 9.78 Å². The lowest BCUT2D eigenvalue weighted by Gasteiger charge is -2.12. The molecule has 2 heterocycles. The smallest absolute Gasteiger partial charge is 0.257 e. The molecule has 27 heavy (non-hydrogen) atoms. The number of benzene rings is 2. The maximum Gasteiger partial charge on any atom is 0.257 e. The van der Waals surface area contributed by atoms with Crippen LogP contribution in [0.4, 0.5) is 10.1 Å². The van der Waals surface area contributed by atoms with E-state index in [0.29, 0.717) is 27.8 Å². The zero-order valence-corrected chi connectivity index (χ0v) is 14.6. The van der Waals surface area contributed by atoms with Gasteiger partial charge in [-0.2, -0.15) is 0 Å². The van der Waals surface area contributed by atoms with E-state index in [0.717, 1.165) is 11.1 Å². The van der Waals surface area contributed by atoms with Gasteiger partial charge in [-0.05, 0) is 43.3 Å². The van der Waals surface area contributed by atoms with Crippen molar-refractivity contribution in [2.45, 2.75) is 6.92 Å². The molecule has 0 unspecified atom stereocenters. The van der Waals surface area contributed by atoms with E-state index in [9.17, 15) is 9.18 Å². The molecule has 4 rings (SSSR count). The molecule has 4 aromatic rings. The molecule has 0 fully saturated rings. The van der Waals surface area contributed by atoms with E-state index in [4.69, 9.17) is 0 Å². The zero-order valence-electron chi connectivity index (χ0n) is 14.6. The lowest BCUT2D eigenvalue weighted by atomic mass is 10.0. The first-order valence-corrected chi connectivity index (χ1v) is 8.49. The molecule has 0 aliphatic rings. The molecule has 1 amide bonds. The molecule has 0 aliphatic heterocycles. The monoisotopic (exact) mass is 357 g/mol. The van der Waals surface area contributed by atoms with Crippen LogP contribution >= 0.6 is 0 Å². The van der Waals surface area contributed by atoms with Gasteiger partial charge in [-0.1, -0.05) is 29.8 Å². The highest BCUT2D eigenvalue weighted by atomic mass is 19.1. The van der Waals surface area contributed by atoms with E-state index in [-0.39, 0.29) is 11.7 Å². The number of aromatic nitrogens is 2. The standard InChI is InChI=1S/C22H16FN3O/c1-14-4-6-15(7-5-14)21-19(22(27)25-18-3-2-10-24-13-18)12-16-11-17(23)8-9-20(16)26-21/h2-13H,1H3,(H,25,27). The van der Waals surface area contributed by atoms with E-state index in [1.54, 1.807) is 36.7 Å². The summed E-state index contributed by atoms with van der Waals surface area (Å²) in [7, 11) is 0. The molecule has 0 atom stereocenters. The van der Waals surface area contributed by atoms with Gasteiger partial charge >= 0.3 is 0 Å². The van der Waals surface area contributed by atoms with Crippen LogP contribution in [0, 0.1) is 12.7 Å². The lowest BCUT2D eigenvalue weighted by Crippen LogP contribution is -2.14. The third-order valence-electron chi connectivity index (χ3n) is 4.27. The minimum Gasteiger partial charge on any atom is -0.321 e. The van der Waals surface area contributed by atoms with E-state index in [1.165, 1.54) is 12.1 Å². The molecule has 4 nitrogen and oxygen atoms in total. The summed E-state index contributed by atoms with van der Waals surface area (Å²) in [5.74, 6) is -0.691. The number of nitrogens with one attached hydrogen (secondary N) is 1. The predicted octanol–water partition coefficient (Wildman–Crippen LogP) is 5.00. The van der Waals surface area contributed by atoms with Crippen LogP contribution < -0.4 is 5.32 Å². The molecule has 2 aromatic carbocycles. The maximum absolute atomic E-state index is 13.6. The van der Waals surface area contributed by atoms with Crippen LogP contribution in [-0.4, -0.2) is 15.9 Å². The van der Waals surface area contributed by atoms with Crippen molar-refractivity contribution < 1.29 is 9.18 Å². The summed E-state index contributed by atoms with van der Waals surface area (Å²) in [6, 6.07) is 17.3. The Morgan fingerprint density at radius 1 is 1.04 bits per heavy atom. The number of anilines is 1. The maximum atomic E-state index is 13.6. The first-order valence-electron chi connectivity index (χ1n) is 8.49. The fraction of sp³-hybridized carbons (Fsp3) is 0.0455. The van der Waals surface area contributed by atoms with E-state index in [2.05, 4.69) is 15.3 Å². The third-order valence-corrected chi connectivity index (χ3v) is 4.27. The predicted molar refractivity (Wildman–Crippen MR) is 104 cm³/mol. The Kier molecular flexibility index (Phi) is 4.34. The summed E-state index contributed by atoms with van der Waals surface area (Å²) in [6.07, 6.45) is 3.20. The highest BCUT2D eigenvalue weighted by molar-refractivity contribution is 6.10. The molecular formula is C22H16FN3O. The fourth-order valence-electron chi connectivity index (χ4n) is 2.89. The number of nitrogens with zero attached hydrogens (tertiary/aromatic N) is 2. The number of rotatable bonds is 3. The molecule has 5 heteroatoms. The Morgan fingerprint density at radius 2 is 1.85 bits per heavy atom. The topological polar surface area (TPSA) is 54.9 Å². The number of fused-ring (bicyclic) bond motifs is 1. The van der Waals surface area contributed by atoms with Crippen molar-refractivity contribution in [2.24, 2.45) is 0 Å². The minimum atomic E-state index is -0.369. The summed E-state index contributed by atoms with van der Waals surface area (Å²) in [6.45, 7) is 2.00. The number of aryl methyl sites for hydroxylation is 1. The molecule has 0 radical (unpaired) electrons. The molecule has 0 saturated carbocycles. The largest absolute Gasteiger partial charge is 0.321 e. The van der Waals surface area contributed by atoms with Gasteiger partial charge in [0.2, 0.25) is 0 Å². The van der Waals surface area contributed by atoms with Crippen molar-refractivity contribution in [1.29, 1.82) is 0 Å². The van der Waals surface area contributed by atoms with Gasteiger partial charge in [0, 0.05) is 17.1 Å². The number of halogens is 1. The van der Waals surface area contributed by atoms with E-state index < -0.39 is 0 Å². The van der Waals surface area contributed by atoms with Crippen LogP contribution in [0.15, 0.2) is 73.1 Å². The normalized spacial score (nSPS) is 10.7. The molecule has 0 saturated heterocycles. The van der Waals surface area contributed by atoms with Crippen LogP contribution in [0.25, 0.3) is 22.2 Å². The number of carbonyl (C=O) groups is 1. The summed E-state index contributed by atoms with van der Waals surface area (Å²) in [5.41, 5.74) is 4.07. The van der Waals surface area contributed by atoms with E-state index in [1.807, 2.05) is 31.2 Å². The van der Waals surface area contributed by atoms with Gasteiger partial charge in [0.15, 0.2) is 0 Å². The molecule has 0 spiro atoms. The second kappa shape index (κ2) is 6.96. The molecule has 2 aromatic heterocycles. The van der Waals surface area contributed by atoms with Gasteiger partial charge in [0.1, 0.15) is 5.82 Å². The van der Waals surface area contributed by atoms with Crippen LogP contribution in [0.1, 0.15) is 15.9 Å². The Labute approximate surface area is 155 Å². The van der Waals surface area contributed by atoms with Crippen molar-refractivity contribution in [3.63, 3.8) is 0 Å². The summed E-state index contributed by atoms with van der Waals surface area (Å²) >= 11 is 0. The number of pyridine rings is 2. The fourth-order valence-corrected chi connectivity index (χ4v) is 2.89. The molecule has 132 valence electrons. The average molecular weight is 357 g/mol. The number of hydrogen-bond acceptors (Lipinski definition) is 3. The molecular weight excluding hydrogens is 341 g/mol. The number of amides is 1. The zero-order chi connectivity index (χ0) is 18.8. The highest BCUT2D eigenvalue weighted by Crippen LogP contribution is 2.27. The SMILES string of the molecule is Cc1ccc(-c2nc3ccc(F)cc3cc2C(=O)Nc2cccnc2)cc1. The Balaban J connectivity index is 1.86. The van der Waals surface area contributed by atoms with Crippen LogP contribution in [0.3, 0.4) is 0 Å². The van der Waals surface area contributed by atoms with Crippen molar-refractivity contribution >= 4 is 22.5 Å². The Hall–Kier alpha value is -3.60. The van der Waals surface area contributed by atoms with Crippen LogP contribution in [0.5, 0.6) is 0 Å². The van der Waals surface area contributed by atoms with Gasteiger partial charge in [0.05, 0.1) is 28.7 Å². The Morgan fingerprint density at radius 3 is 2.59 bits per heavy atom. The van der Waals surface area contributed by atoms with Gasteiger partial charge in [0.25, 0.3) is 5.91 Å². The second-order valence-corrected chi connectivity index (χ2v) is 6.28. The first-order chi connectivity index (χ1) is 13.1. The van der Waals surface area contributed by atoms with E-state index >= 15 is 0 Å². The number of hydrogen-bond donors (Lipinski definition) is 1. The molecule has 1 N–H and O–H groups in total. The third kappa shape index (κ3) is 3.53. The minimum absolute atomic E-state index is 0.322. The van der Waals surface area contributed by atoms with Gasteiger partial charge in [-0.15, -0.1) is 0 Å². The first kappa shape index (κ1) is 16.8. The second-order valence-electron chi connectivity index (χ2n) is 6.28. The van der Waals surface area contributed by atoms with Crippen LogP contribution in [-0.2, 0) is 0 Å². The summed E-state index contributed by atoms with van der Waals surface area (Å²) in [5, 5.41) is 3.40. The molecule has 0 aliphatic carbocycles. The summed E-state index contributed by atoms with van der Waals surface area (Å²) < 4.78 is 13.6. The quantitative estimate of drug-likeness (QED) is 0.561. The lowest BCUT2D eigenvalue weighted by molar-refractivity contribution is 0.102. The van der Waals surface area contributed by atoms with Crippen molar-refractivity contribution in [2.75, 3.05) is 5.32 Å². The van der Waals surface area contributed by atoms with Crippen molar-refractivity contribution in [3.8, 4) is 11.3 Å². The van der Waals surface area contributed by atoms with Crippen LogP contribution in [0.2, 0.25) is 0 Å². The average Bonchev–Trinajstić information content (AvgIpc) is 2.68. The summed E-state index contributed by atoms with van der Waals surface area (Å²) in [4.78, 5) is 21.6. The van der Waals surface area contributed by atoms with Crippen molar-refractivity contribution in [1.82, 2.24) is 9.97 Å². The van der Waals surface area contributed by atoms with Crippen molar-refractivity contribution in [3.05, 3.63) is 90.0 Å².